The minimum absolute atomic E-state index is 0.715. The van der Waals surface area contributed by atoms with Gasteiger partial charge in [-0.15, -0.1) is 0 Å². The predicted molar refractivity (Wildman–Crippen MR) is 80.8 cm³/mol. The summed E-state index contributed by atoms with van der Waals surface area (Å²) in [4.78, 5) is 4.53. The van der Waals surface area contributed by atoms with Gasteiger partial charge in [-0.25, -0.2) is 0 Å². The van der Waals surface area contributed by atoms with Gasteiger partial charge in [-0.05, 0) is 31.2 Å². The number of nitrogens with one attached hydrogen (secondary N) is 2. The first-order chi connectivity index (χ1) is 9.88. The van der Waals surface area contributed by atoms with Gasteiger partial charge in [0.2, 0.25) is 0 Å². The van der Waals surface area contributed by atoms with Gasteiger partial charge >= 0.3 is 0 Å². The number of rotatable bonds is 7. The molecule has 0 aliphatic carbocycles. The molecule has 0 radical (unpaired) electrons. The third kappa shape index (κ3) is 4.84. The topological polar surface area (TPSA) is 54.5 Å². The van der Waals surface area contributed by atoms with Crippen molar-refractivity contribution in [2.45, 2.75) is 19.9 Å². The first-order valence-corrected chi connectivity index (χ1v) is 7.04. The Balaban J connectivity index is 1.73. The zero-order valence-corrected chi connectivity index (χ0v) is 11.9. The summed E-state index contributed by atoms with van der Waals surface area (Å²) < 4.78 is 7.43. The molecular formula is C15H22N4O. The monoisotopic (exact) mass is 274 g/mol. The molecule has 0 saturated carbocycles. The van der Waals surface area contributed by atoms with E-state index in [9.17, 15) is 0 Å². The fraction of sp³-hybridized carbons (Fsp3) is 0.400. The van der Waals surface area contributed by atoms with Crippen molar-refractivity contribution < 1.29 is 4.42 Å². The van der Waals surface area contributed by atoms with Crippen molar-refractivity contribution in [2.24, 2.45) is 4.99 Å². The molecule has 0 unspecified atom stereocenters. The van der Waals surface area contributed by atoms with Crippen molar-refractivity contribution >= 4 is 5.96 Å². The van der Waals surface area contributed by atoms with Gasteiger partial charge in [0.15, 0.2) is 5.96 Å². The standard InChI is InChI=1S/C15H22N4O/c1-2-16-15(17-8-7-14-6-5-13-20-14)18-9-12-19-10-3-4-11-19/h3-6,10-11,13H,2,7-9,12H2,1H3,(H2,16,17,18). The molecule has 0 aromatic carbocycles. The molecule has 0 amide bonds. The number of nitrogens with zero attached hydrogens (tertiary/aromatic N) is 2. The number of aliphatic imine (C=N–C) groups is 1. The molecule has 2 aromatic rings. The predicted octanol–water partition coefficient (Wildman–Crippen LogP) is 1.88. The Bertz CT molecular complexity index is 488. The summed E-state index contributed by atoms with van der Waals surface area (Å²) in [5, 5.41) is 6.57. The molecule has 0 aliphatic heterocycles. The van der Waals surface area contributed by atoms with Gasteiger partial charge in [0.25, 0.3) is 0 Å². The minimum atomic E-state index is 0.715. The summed E-state index contributed by atoms with van der Waals surface area (Å²) in [6, 6.07) is 7.94. The van der Waals surface area contributed by atoms with E-state index in [1.54, 1.807) is 6.26 Å². The Hall–Kier alpha value is -2.17. The van der Waals surface area contributed by atoms with Gasteiger partial charge in [-0.3, -0.25) is 4.99 Å². The van der Waals surface area contributed by atoms with Crippen LogP contribution in [0.25, 0.3) is 0 Å². The van der Waals surface area contributed by atoms with Crippen molar-refractivity contribution in [3.8, 4) is 0 Å². The van der Waals surface area contributed by atoms with Crippen LogP contribution >= 0.6 is 0 Å². The van der Waals surface area contributed by atoms with E-state index in [2.05, 4.69) is 39.5 Å². The van der Waals surface area contributed by atoms with Gasteiger partial charge in [0.1, 0.15) is 5.76 Å². The number of hydrogen-bond acceptors (Lipinski definition) is 2. The number of furan rings is 1. The van der Waals surface area contributed by atoms with Crippen molar-refractivity contribution in [3.63, 3.8) is 0 Å². The maximum Gasteiger partial charge on any atom is 0.191 e. The fourth-order valence-corrected chi connectivity index (χ4v) is 1.90. The van der Waals surface area contributed by atoms with Crippen LogP contribution in [0, 0.1) is 0 Å². The quantitative estimate of drug-likeness (QED) is 0.599. The van der Waals surface area contributed by atoms with Crippen LogP contribution in [0.2, 0.25) is 0 Å². The van der Waals surface area contributed by atoms with E-state index < -0.39 is 0 Å². The van der Waals surface area contributed by atoms with E-state index in [0.717, 1.165) is 37.8 Å². The van der Waals surface area contributed by atoms with Crippen LogP contribution in [0.1, 0.15) is 12.7 Å². The molecular weight excluding hydrogens is 252 g/mol. The van der Waals surface area contributed by atoms with Crippen molar-refractivity contribution in [3.05, 3.63) is 48.7 Å². The van der Waals surface area contributed by atoms with E-state index in [0.29, 0.717) is 6.54 Å². The van der Waals surface area contributed by atoms with Crippen LogP contribution in [-0.2, 0) is 13.0 Å². The summed E-state index contributed by atoms with van der Waals surface area (Å²) in [5.74, 6) is 1.82. The summed E-state index contributed by atoms with van der Waals surface area (Å²) in [6.45, 7) is 5.41. The van der Waals surface area contributed by atoms with Crippen molar-refractivity contribution in [1.29, 1.82) is 0 Å². The largest absolute Gasteiger partial charge is 0.469 e. The highest BCUT2D eigenvalue weighted by Crippen LogP contribution is 2.00. The lowest BCUT2D eigenvalue weighted by atomic mass is 10.3. The molecule has 2 rings (SSSR count). The van der Waals surface area contributed by atoms with Crippen LogP contribution in [-0.4, -0.2) is 30.2 Å². The molecule has 0 aliphatic rings. The molecule has 0 fully saturated rings. The Labute approximate surface area is 119 Å². The molecule has 0 saturated heterocycles. The van der Waals surface area contributed by atoms with E-state index in [4.69, 9.17) is 4.42 Å². The Morgan fingerprint density at radius 3 is 2.80 bits per heavy atom. The zero-order chi connectivity index (χ0) is 14.0. The molecule has 5 nitrogen and oxygen atoms in total. The highest BCUT2D eigenvalue weighted by Gasteiger charge is 1.98. The number of aromatic nitrogens is 1. The molecule has 5 heteroatoms. The van der Waals surface area contributed by atoms with Gasteiger partial charge in [-0.2, -0.15) is 0 Å². The average molecular weight is 274 g/mol. The summed E-state index contributed by atoms with van der Waals surface area (Å²) in [7, 11) is 0. The summed E-state index contributed by atoms with van der Waals surface area (Å²) in [6.07, 6.45) is 6.63. The number of hydrogen-bond donors (Lipinski definition) is 2. The van der Waals surface area contributed by atoms with Crippen LogP contribution in [0.3, 0.4) is 0 Å². The smallest absolute Gasteiger partial charge is 0.191 e. The second-order valence-electron chi connectivity index (χ2n) is 4.44. The lowest BCUT2D eigenvalue weighted by molar-refractivity contribution is 0.510. The Kier molecular flexibility index (Phi) is 5.76. The van der Waals surface area contributed by atoms with E-state index >= 15 is 0 Å². The van der Waals surface area contributed by atoms with Gasteiger partial charge < -0.3 is 19.6 Å². The SMILES string of the molecule is CCNC(=NCCc1ccco1)NCCn1cccc1. The van der Waals surface area contributed by atoms with Gasteiger partial charge in [0, 0.05) is 45.0 Å². The van der Waals surface area contributed by atoms with E-state index in [1.165, 1.54) is 0 Å². The molecule has 108 valence electrons. The normalized spacial score (nSPS) is 11.6. The Morgan fingerprint density at radius 1 is 1.25 bits per heavy atom. The third-order valence-electron chi connectivity index (χ3n) is 2.88. The summed E-state index contributed by atoms with van der Waals surface area (Å²) in [5.41, 5.74) is 0. The van der Waals surface area contributed by atoms with Gasteiger partial charge in [-0.1, -0.05) is 0 Å². The van der Waals surface area contributed by atoms with Gasteiger partial charge in [0.05, 0.1) is 6.26 Å². The molecule has 2 N–H and O–H groups in total. The summed E-state index contributed by atoms with van der Waals surface area (Å²) >= 11 is 0. The molecule has 0 atom stereocenters. The highest BCUT2D eigenvalue weighted by molar-refractivity contribution is 5.79. The molecule has 20 heavy (non-hydrogen) atoms. The lowest BCUT2D eigenvalue weighted by Gasteiger charge is -2.11. The maximum absolute atomic E-state index is 5.29. The van der Waals surface area contributed by atoms with E-state index in [1.807, 2.05) is 24.3 Å². The van der Waals surface area contributed by atoms with Crippen molar-refractivity contribution in [2.75, 3.05) is 19.6 Å². The van der Waals surface area contributed by atoms with Crippen LogP contribution in [0.4, 0.5) is 0 Å². The number of guanidine groups is 1. The first kappa shape index (κ1) is 14.2. The van der Waals surface area contributed by atoms with Crippen molar-refractivity contribution in [1.82, 2.24) is 15.2 Å². The third-order valence-corrected chi connectivity index (χ3v) is 2.88. The minimum Gasteiger partial charge on any atom is -0.469 e. The van der Waals surface area contributed by atoms with Crippen LogP contribution < -0.4 is 10.6 Å². The first-order valence-electron chi connectivity index (χ1n) is 7.04. The highest BCUT2D eigenvalue weighted by atomic mass is 16.3. The zero-order valence-electron chi connectivity index (χ0n) is 11.9. The lowest BCUT2D eigenvalue weighted by Crippen LogP contribution is -2.39. The molecule has 2 aromatic heterocycles. The molecule has 0 bridgehead atoms. The molecule has 0 spiro atoms. The van der Waals surface area contributed by atoms with Crippen LogP contribution in [0.15, 0.2) is 52.3 Å². The van der Waals surface area contributed by atoms with E-state index in [-0.39, 0.29) is 0 Å². The second kappa shape index (κ2) is 8.09. The fourth-order valence-electron chi connectivity index (χ4n) is 1.90. The Morgan fingerprint density at radius 2 is 2.10 bits per heavy atom. The second-order valence-corrected chi connectivity index (χ2v) is 4.44. The van der Waals surface area contributed by atoms with Crippen LogP contribution in [0.5, 0.6) is 0 Å². The average Bonchev–Trinajstić information content (AvgIpc) is 3.11. The maximum atomic E-state index is 5.29. The molecule has 2 heterocycles.